The van der Waals surface area contributed by atoms with Crippen LogP contribution in [0.3, 0.4) is 0 Å². The van der Waals surface area contributed by atoms with Crippen LogP contribution in [0.5, 0.6) is 0 Å². The average molecular weight is 300 g/mol. The minimum atomic E-state index is -0.464. The van der Waals surface area contributed by atoms with E-state index in [2.05, 4.69) is 20.6 Å². The second-order valence-electron chi connectivity index (χ2n) is 4.47. The fourth-order valence-corrected chi connectivity index (χ4v) is 2.01. The highest BCUT2D eigenvalue weighted by atomic mass is 16.6. The second-order valence-corrected chi connectivity index (χ2v) is 4.47. The van der Waals surface area contributed by atoms with Gasteiger partial charge in [0.25, 0.3) is 5.69 Å². The van der Waals surface area contributed by atoms with Gasteiger partial charge in [0.1, 0.15) is 5.82 Å². The number of nitrogens with one attached hydrogen (secondary N) is 1. The first-order chi connectivity index (χ1) is 10.7. The molecule has 0 aliphatic carbocycles. The van der Waals surface area contributed by atoms with E-state index in [-0.39, 0.29) is 12.3 Å². The van der Waals surface area contributed by atoms with Crippen LogP contribution in [0.15, 0.2) is 36.4 Å². The average Bonchev–Trinajstić information content (AvgIpc) is 2.96. The summed E-state index contributed by atoms with van der Waals surface area (Å²) in [6, 6.07) is 9.57. The molecule has 0 fully saturated rings. The highest BCUT2D eigenvalue weighted by Crippen LogP contribution is 2.22. The third kappa shape index (κ3) is 2.56. The first-order valence-electron chi connectivity index (χ1n) is 6.51. The van der Waals surface area contributed by atoms with Crippen molar-refractivity contribution in [3.63, 3.8) is 0 Å². The molecular formula is C13H12N6O3. The Balaban J connectivity index is 2.06. The zero-order valence-corrected chi connectivity index (χ0v) is 11.4. The lowest BCUT2D eigenvalue weighted by Crippen LogP contribution is -2.08. The second kappa shape index (κ2) is 5.74. The molecule has 0 amide bonds. The molecule has 0 aliphatic heterocycles. The lowest BCUT2D eigenvalue weighted by atomic mass is 10.2. The molecule has 0 saturated heterocycles. The van der Waals surface area contributed by atoms with Gasteiger partial charge in [-0.3, -0.25) is 10.1 Å². The minimum Gasteiger partial charge on any atom is -0.395 e. The Kier molecular flexibility index (Phi) is 3.62. The number of anilines is 1. The van der Waals surface area contributed by atoms with Crippen LogP contribution in [-0.2, 0) is 0 Å². The van der Waals surface area contributed by atoms with E-state index in [4.69, 9.17) is 5.11 Å². The van der Waals surface area contributed by atoms with E-state index < -0.39 is 4.92 Å². The van der Waals surface area contributed by atoms with Crippen LogP contribution in [0.25, 0.3) is 17.0 Å². The Labute approximate surface area is 124 Å². The molecule has 9 nitrogen and oxygen atoms in total. The van der Waals surface area contributed by atoms with Gasteiger partial charge in [-0.15, -0.1) is 15.3 Å². The van der Waals surface area contributed by atoms with Crippen molar-refractivity contribution in [3.05, 3.63) is 46.5 Å². The Hall–Kier alpha value is -3.07. The molecule has 0 spiro atoms. The van der Waals surface area contributed by atoms with Crippen molar-refractivity contribution in [1.82, 2.24) is 19.8 Å². The van der Waals surface area contributed by atoms with Crippen molar-refractivity contribution >= 4 is 17.2 Å². The SMILES string of the molecule is O=[N+]([O-])c1cccc(-c2nnc3ccc(NCCO)nn23)c1. The third-order valence-electron chi connectivity index (χ3n) is 3.00. The molecule has 2 heterocycles. The van der Waals surface area contributed by atoms with Crippen LogP contribution in [0.2, 0.25) is 0 Å². The molecule has 22 heavy (non-hydrogen) atoms. The number of aliphatic hydroxyl groups excluding tert-OH is 1. The van der Waals surface area contributed by atoms with Gasteiger partial charge in [-0.05, 0) is 12.1 Å². The van der Waals surface area contributed by atoms with Gasteiger partial charge < -0.3 is 10.4 Å². The molecule has 1 aromatic carbocycles. The predicted octanol–water partition coefficient (Wildman–Crippen LogP) is 1.10. The first kappa shape index (κ1) is 13.9. The zero-order valence-electron chi connectivity index (χ0n) is 11.4. The Morgan fingerprint density at radius 2 is 2.14 bits per heavy atom. The molecule has 3 rings (SSSR count). The Morgan fingerprint density at radius 1 is 1.27 bits per heavy atom. The van der Waals surface area contributed by atoms with Gasteiger partial charge in [0.15, 0.2) is 11.5 Å². The molecule has 112 valence electrons. The Morgan fingerprint density at radius 3 is 2.91 bits per heavy atom. The van der Waals surface area contributed by atoms with E-state index in [1.807, 2.05) is 0 Å². The smallest absolute Gasteiger partial charge is 0.270 e. The van der Waals surface area contributed by atoms with Crippen molar-refractivity contribution < 1.29 is 10.0 Å². The minimum absolute atomic E-state index is 0.0143. The summed E-state index contributed by atoms with van der Waals surface area (Å²) in [7, 11) is 0. The molecule has 0 radical (unpaired) electrons. The number of fused-ring (bicyclic) bond motifs is 1. The van der Waals surface area contributed by atoms with Crippen molar-refractivity contribution in [2.24, 2.45) is 0 Å². The van der Waals surface area contributed by atoms with Gasteiger partial charge in [-0.2, -0.15) is 4.52 Å². The molecule has 0 bridgehead atoms. The number of nitro groups is 1. The molecule has 2 aromatic heterocycles. The summed E-state index contributed by atoms with van der Waals surface area (Å²) in [6.45, 7) is 0.354. The molecule has 9 heteroatoms. The van der Waals surface area contributed by atoms with E-state index in [1.54, 1.807) is 24.3 Å². The van der Waals surface area contributed by atoms with E-state index in [9.17, 15) is 10.1 Å². The quantitative estimate of drug-likeness (QED) is 0.535. The standard InChI is InChI=1S/C13H12N6O3/c20-7-6-14-11-4-5-12-15-16-13(18(12)17-11)9-2-1-3-10(8-9)19(21)22/h1-5,8,20H,6-7H2,(H,14,17). The van der Waals surface area contributed by atoms with Gasteiger partial charge in [-0.1, -0.05) is 12.1 Å². The monoisotopic (exact) mass is 300 g/mol. The van der Waals surface area contributed by atoms with Gasteiger partial charge in [0.2, 0.25) is 0 Å². The summed E-state index contributed by atoms with van der Waals surface area (Å²) in [4.78, 5) is 10.4. The van der Waals surface area contributed by atoms with Crippen molar-refractivity contribution in [1.29, 1.82) is 0 Å². The summed E-state index contributed by atoms with van der Waals surface area (Å²) in [6.07, 6.45) is 0. The molecule has 3 aromatic rings. The Bertz CT molecular complexity index is 832. The maximum absolute atomic E-state index is 10.9. The normalized spacial score (nSPS) is 10.8. The highest BCUT2D eigenvalue weighted by Gasteiger charge is 2.13. The largest absolute Gasteiger partial charge is 0.395 e. The number of nitro benzene ring substituents is 1. The summed E-state index contributed by atoms with van der Waals surface area (Å²) in [5.74, 6) is 0.958. The molecule has 0 aliphatic rings. The number of hydrogen-bond acceptors (Lipinski definition) is 7. The van der Waals surface area contributed by atoms with Crippen LogP contribution >= 0.6 is 0 Å². The van der Waals surface area contributed by atoms with Gasteiger partial charge in [0.05, 0.1) is 11.5 Å². The van der Waals surface area contributed by atoms with Gasteiger partial charge >= 0.3 is 0 Å². The number of rotatable bonds is 5. The highest BCUT2D eigenvalue weighted by molar-refractivity contribution is 5.62. The summed E-state index contributed by atoms with van der Waals surface area (Å²) in [5, 5.41) is 35.0. The topological polar surface area (TPSA) is 118 Å². The molecule has 0 saturated carbocycles. The van der Waals surface area contributed by atoms with Crippen molar-refractivity contribution in [2.45, 2.75) is 0 Å². The lowest BCUT2D eigenvalue weighted by molar-refractivity contribution is -0.384. The molecular weight excluding hydrogens is 288 g/mol. The maximum Gasteiger partial charge on any atom is 0.270 e. The summed E-state index contributed by atoms with van der Waals surface area (Å²) in [5.41, 5.74) is 1.05. The number of hydrogen-bond donors (Lipinski definition) is 2. The van der Waals surface area contributed by atoms with Gasteiger partial charge in [0, 0.05) is 24.2 Å². The van der Waals surface area contributed by atoms with Crippen LogP contribution in [-0.4, -0.2) is 43.0 Å². The van der Waals surface area contributed by atoms with Crippen LogP contribution in [0, 0.1) is 10.1 Å². The van der Waals surface area contributed by atoms with Crippen molar-refractivity contribution in [2.75, 3.05) is 18.5 Å². The van der Waals surface area contributed by atoms with E-state index in [0.29, 0.717) is 29.4 Å². The number of benzene rings is 1. The molecule has 0 atom stereocenters. The summed E-state index contributed by atoms with van der Waals surface area (Å²) >= 11 is 0. The fraction of sp³-hybridized carbons (Fsp3) is 0.154. The van der Waals surface area contributed by atoms with E-state index in [0.717, 1.165) is 0 Å². The molecule has 0 unspecified atom stereocenters. The van der Waals surface area contributed by atoms with Gasteiger partial charge in [-0.25, -0.2) is 0 Å². The first-order valence-corrected chi connectivity index (χ1v) is 6.51. The van der Waals surface area contributed by atoms with Crippen LogP contribution in [0.1, 0.15) is 0 Å². The van der Waals surface area contributed by atoms with Crippen molar-refractivity contribution in [3.8, 4) is 11.4 Å². The number of nitrogens with zero attached hydrogens (tertiary/aromatic N) is 5. The predicted molar refractivity (Wildman–Crippen MR) is 78.4 cm³/mol. The number of aliphatic hydroxyl groups is 1. The van der Waals surface area contributed by atoms with E-state index >= 15 is 0 Å². The number of non-ortho nitro benzene ring substituents is 1. The third-order valence-corrected chi connectivity index (χ3v) is 3.00. The lowest BCUT2D eigenvalue weighted by Gasteiger charge is -2.04. The molecule has 2 N–H and O–H groups in total. The summed E-state index contributed by atoms with van der Waals surface area (Å²) < 4.78 is 1.50. The van der Waals surface area contributed by atoms with Crippen LogP contribution in [0.4, 0.5) is 11.5 Å². The van der Waals surface area contributed by atoms with E-state index in [1.165, 1.54) is 16.6 Å². The number of aromatic nitrogens is 4. The fourth-order valence-electron chi connectivity index (χ4n) is 2.01. The van der Waals surface area contributed by atoms with Crippen LogP contribution < -0.4 is 5.32 Å². The zero-order chi connectivity index (χ0) is 15.5. The maximum atomic E-state index is 10.9.